The van der Waals surface area contributed by atoms with Crippen molar-refractivity contribution in [1.29, 1.82) is 5.26 Å². The molecule has 0 aliphatic heterocycles. The van der Waals surface area contributed by atoms with Gasteiger partial charge in [-0.15, -0.1) is 11.3 Å². The lowest BCUT2D eigenvalue weighted by Crippen LogP contribution is -2.33. The highest BCUT2D eigenvalue weighted by Gasteiger charge is 2.39. The first-order chi connectivity index (χ1) is 8.25. The summed E-state index contributed by atoms with van der Waals surface area (Å²) in [6.07, 6.45) is -4.47. The van der Waals surface area contributed by atoms with Crippen LogP contribution >= 0.6 is 11.3 Å². The van der Waals surface area contributed by atoms with Gasteiger partial charge in [0.1, 0.15) is 0 Å². The fraction of sp³-hybridized carbons (Fsp3) is 0.583. The summed E-state index contributed by atoms with van der Waals surface area (Å²) in [7, 11) is 0. The monoisotopic (exact) mass is 276 g/mol. The zero-order chi connectivity index (χ0) is 13.9. The van der Waals surface area contributed by atoms with Gasteiger partial charge in [0.05, 0.1) is 6.07 Å². The number of hydrogen-bond acceptors (Lipinski definition) is 3. The number of aryl methyl sites for hydroxylation is 2. The minimum atomic E-state index is -4.47. The molecule has 1 heterocycles. The first kappa shape index (κ1) is 15.0. The highest BCUT2D eigenvalue weighted by atomic mass is 32.1. The molecule has 0 radical (unpaired) electrons. The Morgan fingerprint density at radius 3 is 2.44 bits per heavy atom. The molecule has 0 aliphatic carbocycles. The molecule has 2 unspecified atom stereocenters. The fourth-order valence-corrected chi connectivity index (χ4v) is 2.74. The van der Waals surface area contributed by atoms with Crippen LogP contribution in [0.3, 0.4) is 0 Å². The van der Waals surface area contributed by atoms with E-state index in [1.807, 2.05) is 19.9 Å². The number of nitrogens with zero attached hydrogens (tertiary/aromatic N) is 1. The van der Waals surface area contributed by atoms with Gasteiger partial charge in [-0.25, -0.2) is 0 Å². The van der Waals surface area contributed by atoms with Crippen molar-refractivity contribution in [2.24, 2.45) is 5.92 Å². The number of halogens is 3. The molecule has 18 heavy (non-hydrogen) atoms. The summed E-state index contributed by atoms with van der Waals surface area (Å²) in [4.78, 5) is 2.22. The number of alkyl halides is 3. The smallest absolute Gasteiger partial charge is 0.309 e. The van der Waals surface area contributed by atoms with E-state index in [-0.39, 0.29) is 12.6 Å². The van der Waals surface area contributed by atoms with Gasteiger partial charge < -0.3 is 5.32 Å². The summed E-state index contributed by atoms with van der Waals surface area (Å²) in [5.41, 5.74) is 0.997. The number of thiophene rings is 1. The topological polar surface area (TPSA) is 35.8 Å². The van der Waals surface area contributed by atoms with Crippen LogP contribution in [0, 0.1) is 31.1 Å². The molecule has 1 aromatic rings. The van der Waals surface area contributed by atoms with Gasteiger partial charge in [-0.05, 0) is 32.4 Å². The van der Waals surface area contributed by atoms with E-state index >= 15 is 0 Å². The molecule has 1 rings (SSSR count). The summed E-state index contributed by atoms with van der Waals surface area (Å²) in [5, 5.41) is 11.3. The van der Waals surface area contributed by atoms with Crippen molar-refractivity contribution >= 4 is 11.3 Å². The van der Waals surface area contributed by atoms with Crippen molar-refractivity contribution < 1.29 is 13.2 Å². The molecular formula is C12H15F3N2S. The highest BCUT2D eigenvalue weighted by molar-refractivity contribution is 7.12. The van der Waals surface area contributed by atoms with Crippen LogP contribution in [-0.4, -0.2) is 12.7 Å². The number of rotatable bonds is 4. The Morgan fingerprint density at radius 1 is 1.44 bits per heavy atom. The molecule has 0 amide bonds. The van der Waals surface area contributed by atoms with Crippen LogP contribution in [0.1, 0.15) is 28.3 Å². The van der Waals surface area contributed by atoms with Gasteiger partial charge in [-0.2, -0.15) is 18.4 Å². The summed E-state index contributed by atoms with van der Waals surface area (Å²) in [6.45, 7) is 5.33. The lowest BCUT2D eigenvalue weighted by atomic mass is 10.1. The lowest BCUT2D eigenvalue weighted by Gasteiger charge is -2.18. The van der Waals surface area contributed by atoms with Crippen molar-refractivity contribution in [3.63, 3.8) is 0 Å². The molecule has 2 atom stereocenters. The Morgan fingerprint density at radius 2 is 2.06 bits per heavy atom. The fourth-order valence-electron chi connectivity index (χ4n) is 1.72. The summed E-state index contributed by atoms with van der Waals surface area (Å²) >= 11 is 1.62. The molecule has 0 bridgehead atoms. The minimum absolute atomic E-state index is 0.187. The predicted octanol–water partition coefficient (Wildman–Crippen LogP) is 3.72. The van der Waals surface area contributed by atoms with Gasteiger partial charge in [-0.1, -0.05) is 0 Å². The van der Waals surface area contributed by atoms with Crippen LogP contribution in [-0.2, 0) is 0 Å². The quantitative estimate of drug-likeness (QED) is 0.909. The second kappa shape index (κ2) is 5.72. The molecule has 6 heteroatoms. The van der Waals surface area contributed by atoms with Crippen LogP contribution in [0.25, 0.3) is 0 Å². The molecule has 1 aromatic heterocycles. The van der Waals surface area contributed by atoms with Crippen LogP contribution in [0.5, 0.6) is 0 Å². The molecule has 100 valence electrons. The summed E-state index contributed by atoms with van der Waals surface area (Å²) in [5.74, 6) is -1.96. The average molecular weight is 276 g/mol. The van der Waals surface area contributed by atoms with E-state index in [1.165, 1.54) is 6.07 Å². The first-order valence-corrected chi connectivity index (χ1v) is 6.34. The van der Waals surface area contributed by atoms with E-state index in [2.05, 4.69) is 5.32 Å². The summed E-state index contributed by atoms with van der Waals surface area (Å²) < 4.78 is 37.2. The SMILES string of the molecule is Cc1cc(C(C)NCC(C#N)C(F)(F)F)c(C)s1. The van der Waals surface area contributed by atoms with E-state index in [0.717, 1.165) is 15.3 Å². The van der Waals surface area contributed by atoms with E-state index < -0.39 is 12.1 Å². The van der Waals surface area contributed by atoms with Gasteiger partial charge in [0, 0.05) is 22.3 Å². The Kier molecular flexibility index (Phi) is 4.77. The molecule has 0 fully saturated rings. The van der Waals surface area contributed by atoms with Gasteiger partial charge in [0.25, 0.3) is 0 Å². The largest absolute Gasteiger partial charge is 0.405 e. The van der Waals surface area contributed by atoms with E-state index in [9.17, 15) is 13.2 Å². The Bertz CT molecular complexity index is 445. The molecule has 0 saturated carbocycles. The number of hydrogen-bond donors (Lipinski definition) is 1. The number of nitriles is 1. The van der Waals surface area contributed by atoms with Crippen LogP contribution in [0.2, 0.25) is 0 Å². The lowest BCUT2D eigenvalue weighted by molar-refractivity contribution is -0.157. The average Bonchev–Trinajstić information content (AvgIpc) is 2.56. The third-order valence-electron chi connectivity index (χ3n) is 2.72. The van der Waals surface area contributed by atoms with E-state index in [0.29, 0.717) is 0 Å². The second-order valence-electron chi connectivity index (χ2n) is 4.22. The maximum absolute atomic E-state index is 12.4. The normalized spacial score (nSPS) is 15.2. The molecule has 1 N–H and O–H groups in total. The van der Waals surface area contributed by atoms with Crippen LogP contribution in [0.15, 0.2) is 6.07 Å². The van der Waals surface area contributed by atoms with Crippen molar-refractivity contribution in [3.8, 4) is 6.07 Å². The molecule has 2 nitrogen and oxygen atoms in total. The molecule has 0 spiro atoms. The Hall–Kier alpha value is -1.06. The Balaban J connectivity index is 2.64. The van der Waals surface area contributed by atoms with Crippen LogP contribution in [0.4, 0.5) is 13.2 Å². The summed E-state index contributed by atoms with van der Waals surface area (Å²) in [6, 6.07) is 3.06. The van der Waals surface area contributed by atoms with Gasteiger partial charge >= 0.3 is 6.18 Å². The maximum Gasteiger partial charge on any atom is 0.405 e. The van der Waals surface area contributed by atoms with Crippen molar-refractivity contribution in [1.82, 2.24) is 5.32 Å². The molecular weight excluding hydrogens is 261 g/mol. The van der Waals surface area contributed by atoms with E-state index in [4.69, 9.17) is 5.26 Å². The van der Waals surface area contributed by atoms with Crippen LogP contribution < -0.4 is 5.32 Å². The highest BCUT2D eigenvalue weighted by Crippen LogP contribution is 2.28. The first-order valence-electron chi connectivity index (χ1n) is 5.52. The predicted molar refractivity (Wildman–Crippen MR) is 65.4 cm³/mol. The van der Waals surface area contributed by atoms with Gasteiger partial charge in [-0.3, -0.25) is 0 Å². The van der Waals surface area contributed by atoms with Crippen molar-refractivity contribution in [3.05, 3.63) is 21.4 Å². The molecule has 0 aliphatic rings. The van der Waals surface area contributed by atoms with Gasteiger partial charge in [0.2, 0.25) is 0 Å². The third-order valence-corrected chi connectivity index (χ3v) is 3.71. The van der Waals surface area contributed by atoms with Gasteiger partial charge in [0.15, 0.2) is 5.92 Å². The second-order valence-corrected chi connectivity index (χ2v) is 5.68. The number of nitrogens with one attached hydrogen (secondary N) is 1. The maximum atomic E-state index is 12.4. The minimum Gasteiger partial charge on any atom is -0.309 e. The Labute approximate surface area is 108 Å². The standard InChI is InChI=1S/C12H15F3N2S/c1-7-4-11(9(3)18-7)8(2)17-6-10(5-16)12(13,14)15/h4,8,10,17H,6H2,1-3H3. The van der Waals surface area contributed by atoms with E-state index in [1.54, 1.807) is 18.3 Å². The molecule has 0 saturated heterocycles. The molecule has 0 aromatic carbocycles. The zero-order valence-electron chi connectivity index (χ0n) is 10.4. The zero-order valence-corrected chi connectivity index (χ0v) is 11.2. The van der Waals surface area contributed by atoms with Crippen molar-refractivity contribution in [2.45, 2.75) is 33.0 Å². The third kappa shape index (κ3) is 3.72. The van der Waals surface area contributed by atoms with Crippen molar-refractivity contribution in [2.75, 3.05) is 6.54 Å².